The largest absolute Gasteiger partial charge is 0.313 e. The van der Waals surface area contributed by atoms with Crippen LogP contribution >= 0.6 is 11.3 Å². The van der Waals surface area contributed by atoms with Crippen LogP contribution in [0.1, 0.15) is 18.9 Å². The summed E-state index contributed by atoms with van der Waals surface area (Å²) in [5.74, 6) is -0.753. The number of rotatable bonds is 7. The first-order valence-electron chi connectivity index (χ1n) is 6.57. The molecule has 2 rings (SSSR count). The third-order valence-electron chi connectivity index (χ3n) is 2.81. The van der Waals surface area contributed by atoms with Crippen LogP contribution in [0.2, 0.25) is 0 Å². The number of hydrogen-bond acceptors (Lipinski definition) is 4. The second-order valence-corrected chi connectivity index (χ2v) is 6.99. The molecule has 7 heteroatoms. The number of thiophene rings is 1. The average Bonchev–Trinajstić information content (AvgIpc) is 2.93. The van der Waals surface area contributed by atoms with Gasteiger partial charge in [0.1, 0.15) is 10.7 Å². The third-order valence-corrected chi connectivity index (χ3v) is 4.89. The fourth-order valence-electron chi connectivity index (χ4n) is 1.81. The Balaban J connectivity index is 2.22. The Bertz CT molecular complexity index is 685. The highest BCUT2D eigenvalue weighted by Gasteiger charge is 2.19. The number of hydrogen-bond donors (Lipinski definition) is 2. The Hall–Kier alpha value is -1.44. The zero-order chi connectivity index (χ0) is 15.3. The summed E-state index contributed by atoms with van der Waals surface area (Å²) in [5.41, 5.74) is 1.17. The predicted octanol–water partition coefficient (Wildman–Crippen LogP) is 3.19. The SMILES string of the molecule is CCCNCc1ccc(F)c(S(=O)(=O)Nc2ccsc2)c1. The highest BCUT2D eigenvalue weighted by Crippen LogP contribution is 2.21. The number of sulfonamides is 1. The molecule has 0 amide bonds. The van der Waals surface area contributed by atoms with Crippen molar-refractivity contribution in [2.45, 2.75) is 24.8 Å². The number of benzene rings is 1. The van der Waals surface area contributed by atoms with Crippen LogP contribution in [0, 0.1) is 5.82 Å². The fraction of sp³-hybridized carbons (Fsp3) is 0.286. The molecule has 0 bridgehead atoms. The summed E-state index contributed by atoms with van der Waals surface area (Å²) in [6.07, 6.45) is 0.978. The molecular weight excluding hydrogens is 311 g/mol. The predicted molar refractivity (Wildman–Crippen MR) is 83.5 cm³/mol. The summed E-state index contributed by atoms with van der Waals surface area (Å²) >= 11 is 1.37. The molecule has 114 valence electrons. The van der Waals surface area contributed by atoms with Gasteiger partial charge in [-0.15, -0.1) is 0 Å². The first-order chi connectivity index (χ1) is 10.0. The molecule has 0 spiro atoms. The summed E-state index contributed by atoms with van der Waals surface area (Å²) in [4.78, 5) is -0.329. The maximum atomic E-state index is 13.8. The summed E-state index contributed by atoms with van der Waals surface area (Å²) in [7, 11) is -3.91. The van der Waals surface area contributed by atoms with Crippen LogP contribution < -0.4 is 10.0 Å². The minimum Gasteiger partial charge on any atom is -0.313 e. The number of nitrogens with one attached hydrogen (secondary N) is 2. The molecule has 0 fully saturated rings. The van der Waals surface area contributed by atoms with Crippen molar-refractivity contribution in [3.8, 4) is 0 Å². The van der Waals surface area contributed by atoms with Crippen LogP contribution in [0.3, 0.4) is 0 Å². The smallest absolute Gasteiger partial charge is 0.264 e. The van der Waals surface area contributed by atoms with E-state index in [1.54, 1.807) is 22.9 Å². The minimum atomic E-state index is -3.91. The van der Waals surface area contributed by atoms with Gasteiger partial charge in [0.25, 0.3) is 10.0 Å². The van der Waals surface area contributed by atoms with Gasteiger partial charge in [-0.3, -0.25) is 4.72 Å². The van der Waals surface area contributed by atoms with Crippen molar-refractivity contribution < 1.29 is 12.8 Å². The van der Waals surface area contributed by atoms with E-state index in [0.717, 1.165) is 18.5 Å². The van der Waals surface area contributed by atoms with E-state index in [1.165, 1.54) is 23.5 Å². The van der Waals surface area contributed by atoms with Gasteiger partial charge >= 0.3 is 0 Å². The van der Waals surface area contributed by atoms with Crippen molar-refractivity contribution in [2.75, 3.05) is 11.3 Å². The molecule has 4 nitrogen and oxygen atoms in total. The molecule has 0 aliphatic rings. The van der Waals surface area contributed by atoms with Gasteiger partial charge in [0.15, 0.2) is 0 Å². The van der Waals surface area contributed by atoms with Gasteiger partial charge in [0.2, 0.25) is 0 Å². The Kier molecular flexibility index (Phi) is 5.33. The molecule has 0 atom stereocenters. The average molecular weight is 328 g/mol. The monoisotopic (exact) mass is 328 g/mol. The standard InChI is InChI=1S/C14H17FN2O2S2/c1-2-6-16-9-11-3-4-13(15)14(8-11)21(18,19)17-12-5-7-20-10-12/h3-5,7-8,10,16-17H,2,6,9H2,1H3. The fourth-order valence-corrected chi connectivity index (χ4v) is 3.65. The zero-order valence-electron chi connectivity index (χ0n) is 11.6. The van der Waals surface area contributed by atoms with Crippen LogP contribution in [-0.4, -0.2) is 15.0 Å². The van der Waals surface area contributed by atoms with E-state index in [2.05, 4.69) is 10.0 Å². The lowest BCUT2D eigenvalue weighted by atomic mass is 10.2. The minimum absolute atomic E-state index is 0.329. The van der Waals surface area contributed by atoms with Gasteiger partial charge in [0, 0.05) is 11.9 Å². The van der Waals surface area contributed by atoms with Gasteiger partial charge in [-0.2, -0.15) is 11.3 Å². The molecular formula is C14H17FN2O2S2. The number of anilines is 1. The van der Waals surface area contributed by atoms with Crippen molar-refractivity contribution in [2.24, 2.45) is 0 Å². The first-order valence-corrected chi connectivity index (χ1v) is 8.99. The highest BCUT2D eigenvalue weighted by molar-refractivity contribution is 7.92. The summed E-state index contributed by atoms with van der Waals surface area (Å²) < 4.78 is 40.7. The molecule has 1 aromatic carbocycles. The van der Waals surface area contributed by atoms with Crippen LogP contribution in [-0.2, 0) is 16.6 Å². The van der Waals surface area contributed by atoms with Crippen LogP contribution in [0.15, 0.2) is 39.9 Å². The third kappa shape index (κ3) is 4.26. The highest BCUT2D eigenvalue weighted by atomic mass is 32.2. The maximum absolute atomic E-state index is 13.8. The summed E-state index contributed by atoms with van der Waals surface area (Å²) in [6, 6.07) is 5.77. The Morgan fingerprint density at radius 2 is 2.10 bits per heavy atom. The van der Waals surface area contributed by atoms with Crippen molar-refractivity contribution in [3.63, 3.8) is 0 Å². The normalized spacial score (nSPS) is 11.5. The van der Waals surface area contributed by atoms with Gasteiger partial charge in [-0.1, -0.05) is 13.0 Å². The molecule has 21 heavy (non-hydrogen) atoms. The molecule has 0 radical (unpaired) electrons. The molecule has 0 saturated carbocycles. The first kappa shape index (κ1) is 15.9. The van der Waals surface area contributed by atoms with Gasteiger partial charge in [-0.25, -0.2) is 12.8 Å². The number of halogens is 1. The molecule has 1 heterocycles. The van der Waals surface area contributed by atoms with E-state index in [1.807, 2.05) is 6.92 Å². The Morgan fingerprint density at radius 3 is 2.76 bits per heavy atom. The second-order valence-electron chi connectivity index (χ2n) is 4.56. The molecule has 1 aromatic heterocycles. The zero-order valence-corrected chi connectivity index (χ0v) is 13.2. The van der Waals surface area contributed by atoms with E-state index in [4.69, 9.17) is 0 Å². The lowest BCUT2D eigenvalue weighted by molar-refractivity contribution is 0.568. The second kappa shape index (κ2) is 7.02. The van der Waals surface area contributed by atoms with Gasteiger partial charge in [0.05, 0.1) is 5.69 Å². The Labute approximate surface area is 128 Å². The topological polar surface area (TPSA) is 58.2 Å². The Morgan fingerprint density at radius 1 is 1.29 bits per heavy atom. The quantitative estimate of drug-likeness (QED) is 0.768. The van der Waals surface area contributed by atoms with Crippen molar-refractivity contribution in [1.82, 2.24) is 5.32 Å². The van der Waals surface area contributed by atoms with Gasteiger partial charge < -0.3 is 5.32 Å². The summed E-state index contributed by atoms with van der Waals surface area (Å²) in [5, 5.41) is 6.56. The van der Waals surface area contributed by atoms with Crippen LogP contribution in [0.4, 0.5) is 10.1 Å². The van der Waals surface area contributed by atoms with E-state index >= 15 is 0 Å². The lowest BCUT2D eigenvalue weighted by Gasteiger charge is -2.10. The van der Waals surface area contributed by atoms with Crippen LogP contribution in [0.5, 0.6) is 0 Å². The van der Waals surface area contributed by atoms with Crippen molar-refractivity contribution in [1.29, 1.82) is 0 Å². The molecule has 0 aliphatic heterocycles. The van der Waals surface area contributed by atoms with E-state index in [0.29, 0.717) is 12.2 Å². The lowest BCUT2D eigenvalue weighted by Crippen LogP contribution is -2.17. The van der Waals surface area contributed by atoms with Crippen molar-refractivity contribution in [3.05, 3.63) is 46.4 Å². The molecule has 0 aliphatic carbocycles. The van der Waals surface area contributed by atoms with Crippen molar-refractivity contribution >= 4 is 27.0 Å². The van der Waals surface area contributed by atoms with Gasteiger partial charge in [-0.05, 0) is 42.1 Å². The maximum Gasteiger partial charge on any atom is 0.264 e. The molecule has 2 aromatic rings. The molecule has 2 N–H and O–H groups in total. The molecule has 0 saturated heterocycles. The van der Waals surface area contributed by atoms with E-state index in [-0.39, 0.29) is 4.90 Å². The molecule has 0 unspecified atom stereocenters. The van der Waals surface area contributed by atoms with Crippen LogP contribution in [0.25, 0.3) is 0 Å². The van der Waals surface area contributed by atoms with E-state index < -0.39 is 15.8 Å². The van der Waals surface area contributed by atoms with E-state index in [9.17, 15) is 12.8 Å². The summed E-state index contributed by atoms with van der Waals surface area (Å²) in [6.45, 7) is 3.38.